The second kappa shape index (κ2) is 11.8. The van der Waals surface area contributed by atoms with E-state index in [0.717, 1.165) is 33.8 Å². The van der Waals surface area contributed by atoms with Crippen molar-refractivity contribution in [3.63, 3.8) is 0 Å². The van der Waals surface area contributed by atoms with Crippen molar-refractivity contribution in [2.45, 2.75) is 33.6 Å². The highest BCUT2D eigenvalue weighted by atomic mass is 19.1. The molecule has 0 fully saturated rings. The van der Waals surface area contributed by atoms with Gasteiger partial charge in [-0.25, -0.2) is 4.39 Å². The van der Waals surface area contributed by atoms with Gasteiger partial charge >= 0.3 is 0 Å². The number of rotatable bonds is 6. The van der Waals surface area contributed by atoms with E-state index in [-0.39, 0.29) is 17.6 Å². The van der Waals surface area contributed by atoms with Gasteiger partial charge in [-0.2, -0.15) is 0 Å². The van der Waals surface area contributed by atoms with Crippen molar-refractivity contribution < 1.29 is 9.18 Å². The molecule has 0 bridgehead atoms. The standard InChI is InChI=1S/C27H29FN2O.C2H4/c1-6-7-11-19(4)23-24(27(31)29-22-12-9-8-10-13-22)25(18(2)3)30(5)26(23)20-14-16-21(28)17-15-20;1-2/h6-18H,1-5H3,(H,29,31);1-2H2/b7-6-,19-11+;. The van der Waals surface area contributed by atoms with Gasteiger partial charge in [-0.05, 0) is 67.3 Å². The third-order valence-corrected chi connectivity index (χ3v) is 5.30. The van der Waals surface area contributed by atoms with Crippen LogP contribution in [0.4, 0.5) is 10.1 Å². The molecule has 3 rings (SSSR count). The van der Waals surface area contributed by atoms with E-state index in [1.807, 2.05) is 69.5 Å². The minimum Gasteiger partial charge on any atom is -0.346 e. The largest absolute Gasteiger partial charge is 0.346 e. The Kier molecular flexibility index (Phi) is 9.17. The molecule has 1 heterocycles. The molecule has 0 aliphatic heterocycles. The van der Waals surface area contributed by atoms with Crippen LogP contribution in [-0.4, -0.2) is 10.5 Å². The van der Waals surface area contributed by atoms with Crippen LogP contribution in [0.2, 0.25) is 0 Å². The molecule has 0 aliphatic rings. The third kappa shape index (κ3) is 5.78. The summed E-state index contributed by atoms with van der Waals surface area (Å²) in [6.45, 7) is 14.1. The SMILES string of the molecule is C/C=C\C=C(/C)c1c(C(=O)Nc2ccccc2)c(C(C)C)n(C)c1-c1ccc(F)cc1.C=C. The maximum atomic E-state index is 13.6. The summed E-state index contributed by atoms with van der Waals surface area (Å²) in [4.78, 5) is 13.6. The monoisotopic (exact) mass is 444 g/mol. The maximum absolute atomic E-state index is 13.6. The number of carbonyl (C=O) groups is 1. The van der Waals surface area contributed by atoms with Crippen molar-refractivity contribution in [2.24, 2.45) is 7.05 Å². The summed E-state index contributed by atoms with van der Waals surface area (Å²) < 4.78 is 15.7. The Morgan fingerprint density at radius 2 is 1.64 bits per heavy atom. The van der Waals surface area contributed by atoms with Crippen molar-refractivity contribution in [3.8, 4) is 11.3 Å². The second-order valence-corrected chi connectivity index (χ2v) is 7.90. The highest BCUT2D eigenvalue weighted by Crippen LogP contribution is 2.39. The van der Waals surface area contributed by atoms with Gasteiger partial charge in [0.15, 0.2) is 0 Å². The quantitative estimate of drug-likeness (QED) is 0.303. The van der Waals surface area contributed by atoms with Gasteiger partial charge in [0.1, 0.15) is 5.82 Å². The molecule has 4 heteroatoms. The molecule has 0 aliphatic carbocycles. The Morgan fingerprint density at radius 3 is 2.18 bits per heavy atom. The fraction of sp³-hybridized carbons (Fsp3) is 0.207. The molecule has 1 aromatic heterocycles. The summed E-state index contributed by atoms with van der Waals surface area (Å²) in [6.07, 6.45) is 5.92. The number of carbonyl (C=O) groups excluding carboxylic acids is 1. The van der Waals surface area contributed by atoms with Crippen LogP contribution < -0.4 is 5.32 Å². The minimum atomic E-state index is -0.285. The first-order valence-electron chi connectivity index (χ1n) is 11.0. The molecule has 0 unspecified atom stereocenters. The number of hydrogen-bond acceptors (Lipinski definition) is 1. The Balaban J connectivity index is 0.00000187. The Hall–Kier alpha value is -3.66. The van der Waals surface area contributed by atoms with Gasteiger partial charge in [0.25, 0.3) is 5.91 Å². The number of halogens is 1. The van der Waals surface area contributed by atoms with Crippen molar-refractivity contribution in [1.82, 2.24) is 4.57 Å². The number of nitrogens with zero attached hydrogens (tertiary/aromatic N) is 1. The number of amides is 1. The molecule has 3 aromatic rings. The summed E-state index contributed by atoms with van der Waals surface area (Å²) >= 11 is 0. The summed E-state index contributed by atoms with van der Waals surface area (Å²) in [5.74, 6) is -0.321. The lowest BCUT2D eigenvalue weighted by Gasteiger charge is -2.13. The molecule has 0 atom stereocenters. The zero-order valence-corrected chi connectivity index (χ0v) is 20.2. The van der Waals surface area contributed by atoms with E-state index in [0.29, 0.717) is 5.56 Å². The van der Waals surface area contributed by atoms with Crippen molar-refractivity contribution in [1.29, 1.82) is 0 Å². The first-order valence-corrected chi connectivity index (χ1v) is 11.0. The number of hydrogen-bond donors (Lipinski definition) is 1. The average Bonchev–Trinajstić information content (AvgIpc) is 3.13. The number of allylic oxidation sites excluding steroid dienone is 4. The van der Waals surface area contributed by atoms with Crippen molar-refractivity contribution >= 4 is 17.2 Å². The van der Waals surface area contributed by atoms with Crippen LogP contribution in [-0.2, 0) is 7.05 Å². The minimum absolute atomic E-state index is 0.115. The Morgan fingerprint density at radius 1 is 1.03 bits per heavy atom. The molecular weight excluding hydrogens is 411 g/mol. The van der Waals surface area contributed by atoms with Gasteiger partial charge in [-0.1, -0.05) is 50.3 Å². The summed E-state index contributed by atoms with van der Waals surface area (Å²) in [6, 6.07) is 15.9. The Labute approximate surface area is 197 Å². The lowest BCUT2D eigenvalue weighted by Crippen LogP contribution is -2.16. The van der Waals surface area contributed by atoms with Gasteiger partial charge in [0.05, 0.1) is 11.3 Å². The second-order valence-electron chi connectivity index (χ2n) is 7.90. The first kappa shape index (κ1) is 25.6. The molecule has 1 N–H and O–H groups in total. The summed E-state index contributed by atoms with van der Waals surface area (Å²) in [7, 11) is 1.97. The van der Waals surface area contributed by atoms with Crippen LogP contribution in [0.5, 0.6) is 0 Å². The van der Waals surface area contributed by atoms with Crippen molar-refractivity contribution in [2.75, 3.05) is 5.32 Å². The maximum Gasteiger partial charge on any atom is 0.258 e. The number of aromatic nitrogens is 1. The van der Waals surface area contributed by atoms with Crippen LogP contribution in [0.15, 0.2) is 86.0 Å². The van der Waals surface area contributed by atoms with E-state index < -0.39 is 0 Å². The predicted octanol–water partition coefficient (Wildman–Crippen LogP) is 7.99. The lowest BCUT2D eigenvalue weighted by molar-refractivity contribution is 0.102. The smallest absolute Gasteiger partial charge is 0.258 e. The molecule has 33 heavy (non-hydrogen) atoms. The summed E-state index contributed by atoms with van der Waals surface area (Å²) in [5, 5.41) is 3.05. The molecule has 0 radical (unpaired) electrons. The van der Waals surface area contributed by atoms with E-state index in [1.165, 1.54) is 12.1 Å². The van der Waals surface area contributed by atoms with E-state index in [9.17, 15) is 9.18 Å². The van der Waals surface area contributed by atoms with E-state index in [4.69, 9.17) is 0 Å². The highest BCUT2D eigenvalue weighted by molar-refractivity contribution is 6.10. The molecule has 0 saturated heterocycles. The van der Waals surface area contributed by atoms with Gasteiger partial charge in [0.2, 0.25) is 0 Å². The van der Waals surface area contributed by atoms with Gasteiger partial charge in [-0.3, -0.25) is 4.79 Å². The normalized spacial score (nSPS) is 11.4. The molecule has 3 nitrogen and oxygen atoms in total. The van der Waals surface area contributed by atoms with Crippen LogP contribution >= 0.6 is 0 Å². The van der Waals surface area contributed by atoms with E-state index in [2.05, 4.69) is 36.9 Å². The average molecular weight is 445 g/mol. The molecule has 0 spiro atoms. The predicted molar refractivity (Wildman–Crippen MR) is 139 cm³/mol. The molecular formula is C29H33FN2O. The molecule has 1 amide bonds. The number of nitrogens with one attached hydrogen (secondary N) is 1. The van der Waals surface area contributed by atoms with Crippen molar-refractivity contribution in [3.05, 3.63) is 109 Å². The Bertz CT molecular complexity index is 1140. The van der Waals surface area contributed by atoms with Crippen LogP contribution in [0.3, 0.4) is 0 Å². The zero-order chi connectivity index (χ0) is 24.5. The third-order valence-electron chi connectivity index (χ3n) is 5.30. The number of benzene rings is 2. The van der Waals surface area contributed by atoms with Crippen LogP contribution in [0.25, 0.3) is 16.8 Å². The van der Waals surface area contributed by atoms with Crippen LogP contribution in [0, 0.1) is 5.82 Å². The molecule has 0 saturated carbocycles. The van der Waals surface area contributed by atoms with Gasteiger partial charge < -0.3 is 9.88 Å². The fourth-order valence-corrected chi connectivity index (χ4v) is 3.98. The van der Waals surface area contributed by atoms with E-state index in [1.54, 1.807) is 12.1 Å². The van der Waals surface area contributed by atoms with Crippen LogP contribution in [0.1, 0.15) is 55.2 Å². The molecule has 2 aromatic carbocycles. The molecule has 172 valence electrons. The number of anilines is 1. The fourth-order valence-electron chi connectivity index (χ4n) is 3.98. The van der Waals surface area contributed by atoms with E-state index >= 15 is 0 Å². The van der Waals surface area contributed by atoms with Gasteiger partial charge in [0, 0.05) is 24.0 Å². The first-order chi connectivity index (χ1) is 15.8. The lowest BCUT2D eigenvalue weighted by atomic mass is 9.94. The van der Waals surface area contributed by atoms with Gasteiger partial charge in [-0.15, -0.1) is 13.2 Å². The highest BCUT2D eigenvalue weighted by Gasteiger charge is 2.28. The number of para-hydroxylation sites is 1. The zero-order valence-electron chi connectivity index (χ0n) is 20.2. The topological polar surface area (TPSA) is 34.0 Å². The summed E-state index contributed by atoms with van der Waals surface area (Å²) in [5.41, 5.74) is 5.95.